The second-order valence-corrected chi connectivity index (χ2v) is 5.37. The predicted molar refractivity (Wildman–Crippen MR) is 85.0 cm³/mol. The third kappa shape index (κ3) is 2.30. The van der Waals surface area contributed by atoms with Crippen LogP contribution in [-0.4, -0.2) is 9.55 Å². The maximum Gasteiger partial charge on any atom is 0.141 e. The number of aryl methyl sites for hydroxylation is 3. The number of imidazole rings is 1. The fourth-order valence-corrected chi connectivity index (χ4v) is 2.84. The van der Waals surface area contributed by atoms with E-state index >= 15 is 0 Å². The van der Waals surface area contributed by atoms with E-state index in [1.807, 2.05) is 18.2 Å². The lowest BCUT2D eigenvalue weighted by Crippen LogP contribution is -1.98. The van der Waals surface area contributed by atoms with Crippen LogP contribution in [0.15, 0.2) is 36.4 Å². The molecule has 0 unspecified atom stereocenters. The van der Waals surface area contributed by atoms with Gasteiger partial charge in [-0.05, 0) is 51.1 Å². The minimum atomic E-state index is 0.648. The van der Waals surface area contributed by atoms with Crippen LogP contribution in [0.1, 0.15) is 23.6 Å². The molecule has 0 radical (unpaired) electrons. The molecule has 3 rings (SSSR count). The predicted octanol–water partition coefficient (Wildman–Crippen LogP) is 4.21. The maximum atomic E-state index is 9.04. The standard InChI is InChI=1S/C18H17N3/c1-4-21-17-6-5-14(11-19)10-16(17)20-18(21)15-8-12(2)7-13(3)9-15/h5-10H,4H2,1-3H3. The third-order valence-electron chi connectivity index (χ3n) is 3.67. The van der Waals surface area contributed by atoms with Gasteiger partial charge in [0.25, 0.3) is 0 Å². The van der Waals surface area contributed by atoms with E-state index in [1.54, 1.807) is 0 Å². The first kappa shape index (κ1) is 13.4. The molecule has 1 heterocycles. The summed E-state index contributed by atoms with van der Waals surface area (Å²) in [4.78, 5) is 4.76. The van der Waals surface area contributed by atoms with Crippen LogP contribution in [0.3, 0.4) is 0 Å². The lowest BCUT2D eigenvalue weighted by Gasteiger charge is -2.08. The quantitative estimate of drug-likeness (QED) is 0.703. The molecule has 104 valence electrons. The van der Waals surface area contributed by atoms with Gasteiger partial charge in [0.1, 0.15) is 5.82 Å². The normalized spacial score (nSPS) is 10.8. The van der Waals surface area contributed by atoms with Crippen LogP contribution < -0.4 is 0 Å². The van der Waals surface area contributed by atoms with Crippen LogP contribution in [0.4, 0.5) is 0 Å². The highest BCUT2D eigenvalue weighted by atomic mass is 15.1. The van der Waals surface area contributed by atoms with Crippen molar-refractivity contribution < 1.29 is 0 Å². The fraction of sp³-hybridized carbons (Fsp3) is 0.222. The van der Waals surface area contributed by atoms with Crippen molar-refractivity contribution in [3.8, 4) is 17.5 Å². The third-order valence-corrected chi connectivity index (χ3v) is 3.67. The number of benzene rings is 2. The molecule has 0 saturated carbocycles. The summed E-state index contributed by atoms with van der Waals surface area (Å²) in [5, 5.41) is 9.04. The zero-order valence-corrected chi connectivity index (χ0v) is 12.5. The average Bonchev–Trinajstić information content (AvgIpc) is 2.83. The summed E-state index contributed by atoms with van der Waals surface area (Å²) < 4.78 is 2.20. The molecule has 0 fully saturated rings. The van der Waals surface area contributed by atoms with Gasteiger partial charge in [-0.25, -0.2) is 4.98 Å². The Kier molecular flexibility index (Phi) is 3.23. The van der Waals surface area contributed by atoms with E-state index in [-0.39, 0.29) is 0 Å². The molecule has 2 aromatic carbocycles. The molecular formula is C18H17N3. The van der Waals surface area contributed by atoms with E-state index in [0.29, 0.717) is 5.56 Å². The number of fused-ring (bicyclic) bond motifs is 1. The van der Waals surface area contributed by atoms with E-state index < -0.39 is 0 Å². The summed E-state index contributed by atoms with van der Waals surface area (Å²) in [5.74, 6) is 0.967. The summed E-state index contributed by atoms with van der Waals surface area (Å²) in [7, 11) is 0. The lowest BCUT2D eigenvalue weighted by molar-refractivity contribution is 0.796. The Labute approximate surface area is 124 Å². The number of nitrogens with zero attached hydrogens (tertiary/aromatic N) is 3. The van der Waals surface area contributed by atoms with Crippen molar-refractivity contribution >= 4 is 11.0 Å². The number of hydrogen-bond donors (Lipinski definition) is 0. The van der Waals surface area contributed by atoms with Gasteiger partial charge >= 0.3 is 0 Å². The number of hydrogen-bond acceptors (Lipinski definition) is 2. The van der Waals surface area contributed by atoms with Crippen LogP contribution >= 0.6 is 0 Å². The van der Waals surface area contributed by atoms with Gasteiger partial charge < -0.3 is 4.57 Å². The summed E-state index contributed by atoms with van der Waals surface area (Å²) in [6.45, 7) is 7.17. The first-order valence-corrected chi connectivity index (χ1v) is 7.11. The molecular weight excluding hydrogens is 258 g/mol. The van der Waals surface area contributed by atoms with E-state index in [4.69, 9.17) is 10.2 Å². The van der Waals surface area contributed by atoms with Gasteiger partial charge in [-0.15, -0.1) is 0 Å². The van der Waals surface area contributed by atoms with E-state index in [1.165, 1.54) is 11.1 Å². The van der Waals surface area contributed by atoms with Crippen LogP contribution in [0.5, 0.6) is 0 Å². The minimum Gasteiger partial charge on any atom is -0.324 e. The Morgan fingerprint density at radius 2 is 1.81 bits per heavy atom. The molecule has 3 nitrogen and oxygen atoms in total. The topological polar surface area (TPSA) is 41.6 Å². The molecule has 3 aromatic rings. The van der Waals surface area contributed by atoms with Crippen LogP contribution in [0.25, 0.3) is 22.4 Å². The molecule has 1 aromatic heterocycles. The Morgan fingerprint density at radius 3 is 2.43 bits per heavy atom. The van der Waals surface area contributed by atoms with Gasteiger partial charge in [0, 0.05) is 12.1 Å². The van der Waals surface area contributed by atoms with Gasteiger partial charge in [0.05, 0.1) is 22.7 Å². The monoisotopic (exact) mass is 275 g/mol. The molecule has 3 heteroatoms. The van der Waals surface area contributed by atoms with Crippen molar-refractivity contribution in [2.24, 2.45) is 0 Å². The summed E-state index contributed by atoms with van der Waals surface area (Å²) in [6, 6.07) is 14.3. The smallest absolute Gasteiger partial charge is 0.141 e. The first-order chi connectivity index (χ1) is 10.1. The second-order valence-electron chi connectivity index (χ2n) is 5.37. The van der Waals surface area contributed by atoms with Crippen LogP contribution in [-0.2, 0) is 6.54 Å². The van der Waals surface area contributed by atoms with E-state index in [9.17, 15) is 0 Å². The van der Waals surface area contributed by atoms with Gasteiger partial charge in [-0.2, -0.15) is 5.26 Å². The molecule has 0 spiro atoms. The van der Waals surface area contributed by atoms with Crippen molar-refractivity contribution in [3.05, 3.63) is 53.1 Å². The molecule has 21 heavy (non-hydrogen) atoms. The minimum absolute atomic E-state index is 0.648. The summed E-state index contributed by atoms with van der Waals surface area (Å²) in [6.07, 6.45) is 0. The highest BCUT2D eigenvalue weighted by Crippen LogP contribution is 2.27. The second kappa shape index (κ2) is 5.06. The number of aromatic nitrogens is 2. The van der Waals surface area contributed by atoms with E-state index in [2.05, 4.69) is 49.6 Å². The SMILES string of the molecule is CCn1c(-c2cc(C)cc(C)c2)nc2cc(C#N)ccc21. The van der Waals surface area contributed by atoms with Crippen molar-refractivity contribution in [2.75, 3.05) is 0 Å². The van der Waals surface area contributed by atoms with Gasteiger partial charge in [-0.1, -0.05) is 17.2 Å². The van der Waals surface area contributed by atoms with Crippen molar-refractivity contribution in [1.82, 2.24) is 9.55 Å². The lowest BCUT2D eigenvalue weighted by atomic mass is 10.1. The van der Waals surface area contributed by atoms with E-state index in [0.717, 1.165) is 29.0 Å². The zero-order valence-electron chi connectivity index (χ0n) is 12.5. The molecule has 0 bridgehead atoms. The van der Waals surface area contributed by atoms with Crippen LogP contribution in [0.2, 0.25) is 0 Å². The fourth-order valence-electron chi connectivity index (χ4n) is 2.84. The summed E-state index contributed by atoms with van der Waals surface area (Å²) >= 11 is 0. The molecule has 0 atom stereocenters. The largest absolute Gasteiger partial charge is 0.324 e. The molecule has 0 N–H and O–H groups in total. The number of nitriles is 1. The van der Waals surface area contributed by atoms with Crippen LogP contribution in [0, 0.1) is 25.2 Å². The molecule has 0 aliphatic heterocycles. The van der Waals surface area contributed by atoms with Gasteiger partial charge in [-0.3, -0.25) is 0 Å². The Bertz CT molecular complexity index is 846. The first-order valence-electron chi connectivity index (χ1n) is 7.11. The molecule has 0 aliphatic rings. The molecule has 0 saturated heterocycles. The average molecular weight is 275 g/mol. The van der Waals surface area contributed by atoms with Crippen molar-refractivity contribution in [1.29, 1.82) is 5.26 Å². The molecule has 0 amide bonds. The Morgan fingerprint density at radius 1 is 1.10 bits per heavy atom. The highest BCUT2D eigenvalue weighted by Gasteiger charge is 2.12. The van der Waals surface area contributed by atoms with Crippen molar-refractivity contribution in [2.45, 2.75) is 27.3 Å². The Hall–Kier alpha value is -2.60. The van der Waals surface area contributed by atoms with Gasteiger partial charge in [0.2, 0.25) is 0 Å². The maximum absolute atomic E-state index is 9.04. The van der Waals surface area contributed by atoms with Crippen molar-refractivity contribution in [3.63, 3.8) is 0 Å². The molecule has 0 aliphatic carbocycles. The summed E-state index contributed by atoms with van der Waals surface area (Å²) in [5.41, 5.74) is 6.20. The van der Waals surface area contributed by atoms with Gasteiger partial charge in [0.15, 0.2) is 0 Å². The zero-order chi connectivity index (χ0) is 15.0. The Balaban J connectivity index is 2.29. The highest BCUT2D eigenvalue weighted by molar-refractivity contribution is 5.82. The number of rotatable bonds is 2.